The number of nitrogens with zero attached hydrogens (tertiary/aromatic N) is 1. The lowest BCUT2D eigenvalue weighted by Gasteiger charge is -2.37. The molecule has 0 radical (unpaired) electrons. The van der Waals surface area contributed by atoms with Crippen LogP contribution in [-0.4, -0.2) is 30.1 Å². The van der Waals surface area contributed by atoms with E-state index < -0.39 is 0 Å². The smallest absolute Gasteiger partial charge is 0.0521 e. The first-order valence-corrected chi connectivity index (χ1v) is 9.81. The van der Waals surface area contributed by atoms with E-state index >= 15 is 0 Å². The number of likely N-dealkylation sites (tertiary alicyclic amines) is 1. The Kier molecular flexibility index (Phi) is 4.31. The molecule has 1 fully saturated rings. The van der Waals surface area contributed by atoms with E-state index in [1.807, 2.05) is 11.8 Å². The normalized spacial score (nSPS) is 23.0. The molecule has 0 aliphatic carbocycles. The highest BCUT2D eigenvalue weighted by molar-refractivity contribution is 7.99. The molecule has 2 nitrogen and oxygen atoms in total. The number of aryl methyl sites for hydroxylation is 1. The lowest BCUT2D eigenvalue weighted by molar-refractivity contribution is 0.163. The minimum absolute atomic E-state index is 0.606. The van der Waals surface area contributed by atoms with Gasteiger partial charge in [0, 0.05) is 40.9 Å². The maximum Gasteiger partial charge on any atom is 0.0521 e. The third kappa shape index (κ3) is 2.96. The number of para-hydroxylation sites is 1. The molecule has 0 saturated carbocycles. The van der Waals surface area contributed by atoms with Crippen LogP contribution in [0.15, 0.2) is 52.3 Å². The van der Waals surface area contributed by atoms with E-state index in [4.69, 9.17) is 0 Å². The maximum absolute atomic E-state index is 3.85. The minimum Gasteiger partial charge on any atom is -0.380 e. The molecule has 4 rings (SSSR count). The monoisotopic (exact) mass is 338 g/mol. The molecule has 2 aromatic carbocycles. The molecular formula is C21H26N2S. The van der Waals surface area contributed by atoms with Crippen molar-refractivity contribution < 1.29 is 0 Å². The molecule has 2 aliphatic heterocycles. The summed E-state index contributed by atoms with van der Waals surface area (Å²) in [7, 11) is 0. The fraction of sp³-hybridized carbons (Fsp3) is 0.429. The van der Waals surface area contributed by atoms with Crippen LogP contribution in [0.3, 0.4) is 0 Å². The van der Waals surface area contributed by atoms with Crippen molar-refractivity contribution in [2.45, 2.75) is 55.0 Å². The van der Waals surface area contributed by atoms with Gasteiger partial charge in [0.25, 0.3) is 0 Å². The van der Waals surface area contributed by atoms with Gasteiger partial charge in [-0.3, -0.25) is 0 Å². The van der Waals surface area contributed by atoms with Crippen molar-refractivity contribution in [3.63, 3.8) is 0 Å². The van der Waals surface area contributed by atoms with Gasteiger partial charge in [-0.25, -0.2) is 0 Å². The molecule has 126 valence electrons. The Morgan fingerprint density at radius 3 is 2.67 bits per heavy atom. The van der Waals surface area contributed by atoms with Crippen LogP contribution in [-0.2, 0) is 0 Å². The van der Waals surface area contributed by atoms with Gasteiger partial charge in [0.2, 0.25) is 0 Å². The van der Waals surface area contributed by atoms with Crippen molar-refractivity contribution in [1.82, 2.24) is 4.90 Å². The van der Waals surface area contributed by atoms with Crippen LogP contribution in [0.2, 0.25) is 0 Å². The second-order valence-electron chi connectivity index (χ2n) is 7.37. The number of rotatable bonds is 3. The molecule has 0 amide bonds. The van der Waals surface area contributed by atoms with Crippen LogP contribution in [0.1, 0.15) is 37.3 Å². The molecular weight excluding hydrogens is 312 g/mol. The molecule has 2 aromatic rings. The van der Waals surface area contributed by atoms with E-state index in [0.29, 0.717) is 18.0 Å². The van der Waals surface area contributed by atoms with Gasteiger partial charge in [-0.1, -0.05) is 41.6 Å². The predicted molar refractivity (Wildman–Crippen MR) is 103 cm³/mol. The number of anilines is 1. The highest BCUT2D eigenvalue weighted by Gasteiger charge is 2.38. The van der Waals surface area contributed by atoms with E-state index in [1.54, 1.807) is 0 Å². The average molecular weight is 339 g/mol. The van der Waals surface area contributed by atoms with Crippen LogP contribution >= 0.6 is 11.8 Å². The highest BCUT2D eigenvalue weighted by atomic mass is 32.2. The average Bonchev–Trinajstić information content (AvgIpc) is 2.96. The molecule has 0 aromatic heterocycles. The van der Waals surface area contributed by atoms with Gasteiger partial charge in [-0.2, -0.15) is 0 Å². The van der Waals surface area contributed by atoms with Gasteiger partial charge in [0.05, 0.1) is 5.69 Å². The molecule has 2 aliphatic rings. The van der Waals surface area contributed by atoms with Crippen molar-refractivity contribution in [3.8, 4) is 0 Å². The van der Waals surface area contributed by atoms with Crippen molar-refractivity contribution in [3.05, 3.63) is 53.6 Å². The van der Waals surface area contributed by atoms with E-state index in [9.17, 15) is 0 Å². The summed E-state index contributed by atoms with van der Waals surface area (Å²) in [6, 6.07) is 16.9. The number of hydrogen-bond acceptors (Lipinski definition) is 3. The second kappa shape index (κ2) is 6.45. The van der Waals surface area contributed by atoms with Crippen molar-refractivity contribution in [2.24, 2.45) is 0 Å². The second-order valence-corrected chi connectivity index (χ2v) is 8.49. The molecule has 2 atom stereocenters. The largest absolute Gasteiger partial charge is 0.380 e. The third-order valence-corrected chi connectivity index (χ3v) is 6.48. The lowest BCUT2D eigenvalue weighted by atomic mass is 9.89. The molecule has 2 heterocycles. The Labute approximate surface area is 149 Å². The fourth-order valence-corrected chi connectivity index (χ4v) is 4.90. The quantitative estimate of drug-likeness (QED) is 0.834. The van der Waals surface area contributed by atoms with Crippen LogP contribution in [0.5, 0.6) is 0 Å². The Hall–Kier alpha value is -1.45. The zero-order valence-electron chi connectivity index (χ0n) is 14.8. The van der Waals surface area contributed by atoms with Gasteiger partial charge in [0.1, 0.15) is 0 Å². The van der Waals surface area contributed by atoms with Crippen molar-refractivity contribution >= 4 is 17.4 Å². The summed E-state index contributed by atoms with van der Waals surface area (Å²) >= 11 is 1.88. The van der Waals surface area contributed by atoms with E-state index in [1.165, 1.54) is 46.1 Å². The van der Waals surface area contributed by atoms with Crippen LogP contribution in [0.25, 0.3) is 0 Å². The van der Waals surface area contributed by atoms with E-state index in [0.717, 1.165) is 0 Å². The van der Waals surface area contributed by atoms with Gasteiger partial charge < -0.3 is 10.2 Å². The predicted octanol–water partition coefficient (Wildman–Crippen LogP) is 5.14. The first-order valence-electron chi connectivity index (χ1n) is 9.00. The Morgan fingerprint density at radius 2 is 1.92 bits per heavy atom. The molecule has 0 unspecified atom stereocenters. The summed E-state index contributed by atoms with van der Waals surface area (Å²) < 4.78 is 0. The summed E-state index contributed by atoms with van der Waals surface area (Å²) in [6.45, 7) is 9.16. The van der Waals surface area contributed by atoms with Crippen LogP contribution in [0.4, 0.5) is 5.69 Å². The number of hydrogen-bond donors (Lipinski definition) is 1. The van der Waals surface area contributed by atoms with Crippen molar-refractivity contribution in [1.29, 1.82) is 0 Å². The number of nitrogens with one attached hydrogen (secondary N) is 1. The molecule has 0 spiro atoms. The van der Waals surface area contributed by atoms with Gasteiger partial charge in [0.15, 0.2) is 0 Å². The maximum atomic E-state index is 3.85. The fourth-order valence-electron chi connectivity index (χ4n) is 3.95. The summed E-state index contributed by atoms with van der Waals surface area (Å²) in [4.78, 5) is 5.30. The van der Waals surface area contributed by atoms with Gasteiger partial charge in [-0.05, 0) is 51.0 Å². The molecule has 24 heavy (non-hydrogen) atoms. The van der Waals surface area contributed by atoms with E-state index in [-0.39, 0.29) is 0 Å². The SMILES string of the molecule is Cc1ccc(Sc2cccc3c2N[C@H]2CCN(C(C)C)C[C@H]32)cc1. The number of benzene rings is 2. The summed E-state index contributed by atoms with van der Waals surface area (Å²) in [5.74, 6) is 0.634. The zero-order chi connectivity index (χ0) is 16.7. The van der Waals surface area contributed by atoms with Gasteiger partial charge in [-0.15, -0.1) is 0 Å². The topological polar surface area (TPSA) is 15.3 Å². The summed E-state index contributed by atoms with van der Waals surface area (Å²) in [6.07, 6.45) is 1.24. The highest BCUT2D eigenvalue weighted by Crippen LogP contribution is 2.46. The van der Waals surface area contributed by atoms with Crippen LogP contribution < -0.4 is 5.32 Å². The Bertz CT molecular complexity index is 723. The third-order valence-electron chi connectivity index (χ3n) is 5.41. The van der Waals surface area contributed by atoms with Gasteiger partial charge >= 0.3 is 0 Å². The molecule has 1 saturated heterocycles. The molecule has 0 bridgehead atoms. The van der Waals surface area contributed by atoms with Crippen LogP contribution in [0, 0.1) is 6.92 Å². The molecule has 3 heteroatoms. The summed E-state index contributed by atoms with van der Waals surface area (Å²) in [5, 5.41) is 3.85. The lowest BCUT2D eigenvalue weighted by Crippen LogP contribution is -2.45. The minimum atomic E-state index is 0.606. The first kappa shape index (κ1) is 16.0. The standard InChI is InChI=1S/C21H26N2S/c1-14(2)23-12-11-19-18(13-23)17-5-4-6-20(21(17)22-19)24-16-9-7-15(3)8-10-16/h4-10,14,18-19,22H,11-13H2,1-3H3/t18-,19+/m1/s1. The Balaban J connectivity index is 1.61. The number of piperidine rings is 1. The summed E-state index contributed by atoms with van der Waals surface area (Å²) in [5.41, 5.74) is 4.21. The first-order chi connectivity index (χ1) is 11.6. The van der Waals surface area contributed by atoms with Crippen molar-refractivity contribution in [2.75, 3.05) is 18.4 Å². The molecule has 1 N–H and O–H groups in total. The number of fused-ring (bicyclic) bond motifs is 3. The Morgan fingerprint density at radius 1 is 1.12 bits per heavy atom. The zero-order valence-corrected chi connectivity index (χ0v) is 15.6. The van der Waals surface area contributed by atoms with E-state index in [2.05, 4.69) is 73.5 Å².